The molecule has 3 heterocycles. The van der Waals surface area contributed by atoms with Gasteiger partial charge in [-0.2, -0.15) is 5.10 Å². The summed E-state index contributed by atoms with van der Waals surface area (Å²) in [6, 6.07) is 17.8. The molecule has 1 amide bonds. The van der Waals surface area contributed by atoms with Crippen molar-refractivity contribution in [1.82, 2.24) is 19.9 Å². The number of nitrogens with one attached hydrogen (secondary N) is 1. The Bertz CT molecular complexity index is 1350. The predicted molar refractivity (Wildman–Crippen MR) is 147 cm³/mol. The van der Waals surface area contributed by atoms with Gasteiger partial charge in [0.1, 0.15) is 11.3 Å². The Morgan fingerprint density at radius 1 is 1.14 bits per heavy atom. The van der Waals surface area contributed by atoms with Crippen molar-refractivity contribution in [3.05, 3.63) is 77.6 Å². The topological polar surface area (TPSA) is 71.8 Å². The number of ether oxygens (including phenoxy) is 1. The van der Waals surface area contributed by atoms with E-state index in [0.29, 0.717) is 11.6 Å². The van der Waals surface area contributed by atoms with Crippen molar-refractivity contribution in [3.8, 4) is 17.0 Å². The molecule has 2 aromatic carbocycles. The van der Waals surface area contributed by atoms with E-state index in [-0.39, 0.29) is 11.8 Å². The van der Waals surface area contributed by atoms with E-state index in [1.165, 1.54) is 0 Å². The molecule has 1 saturated heterocycles. The number of benzene rings is 2. The molecule has 0 saturated carbocycles. The van der Waals surface area contributed by atoms with Gasteiger partial charge in [0, 0.05) is 48.5 Å². The molecule has 2 aromatic heterocycles. The largest absolute Gasteiger partial charge is 0.494 e. The molecule has 1 N–H and O–H groups in total. The van der Waals surface area contributed by atoms with Crippen LogP contribution in [0.2, 0.25) is 5.02 Å². The molecule has 0 atom stereocenters. The van der Waals surface area contributed by atoms with Crippen LogP contribution in [0.3, 0.4) is 0 Å². The first-order valence-corrected chi connectivity index (χ1v) is 13.3. The minimum absolute atomic E-state index is 0.0167. The quantitative estimate of drug-likeness (QED) is 0.286. The van der Waals surface area contributed by atoms with Crippen LogP contribution in [0.15, 0.2) is 67.0 Å². The summed E-state index contributed by atoms with van der Waals surface area (Å²) in [5.41, 5.74) is 3.82. The van der Waals surface area contributed by atoms with Crippen molar-refractivity contribution in [2.45, 2.75) is 39.2 Å². The number of aromatic nitrogens is 3. The van der Waals surface area contributed by atoms with Crippen molar-refractivity contribution in [1.29, 1.82) is 0 Å². The summed E-state index contributed by atoms with van der Waals surface area (Å²) in [6.45, 7) is 4.87. The van der Waals surface area contributed by atoms with Crippen molar-refractivity contribution in [2.24, 2.45) is 5.92 Å². The van der Waals surface area contributed by atoms with E-state index in [2.05, 4.69) is 28.2 Å². The Labute approximate surface area is 222 Å². The number of piperidine rings is 1. The van der Waals surface area contributed by atoms with Crippen LogP contribution in [0, 0.1) is 5.92 Å². The van der Waals surface area contributed by atoms with Gasteiger partial charge in [-0.05, 0) is 61.2 Å². The fourth-order valence-corrected chi connectivity index (χ4v) is 4.87. The lowest BCUT2D eigenvalue weighted by molar-refractivity contribution is -0.125. The Morgan fingerprint density at radius 2 is 1.92 bits per heavy atom. The maximum atomic E-state index is 12.8. The van der Waals surface area contributed by atoms with E-state index >= 15 is 0 Å². The van der Waals surface area contributed by atoms with Crippen LogP contribution in [0.4, 0.5) is 5.82 Å². The molecule has 192 valence electrons. The van der Waals surface area contributed by atoms with Crippen LogP contribution in [0.25, 0.3) is 16.8 Å². The zero-order valence-corrected chi connectivity index (χ0v) is 21.8. The van der Waals surface area contributed by atoms with Crippen molar-refractivity contribution in [2.75, 3.05) is 24.6 Å². The fourth-order valence-electron chi connectivity index (χ4n) is 4.67. The normalized spacial score (nSPS) is 14.2. The SMILES string of the molecule is CCCCOc1ccc(-c2cc3c(N4CCC(C(=O)NCc5ccccc5Cl)CC4)nccn3n2)cc1. The minimum Gasteiger partial charge on any atom is -0.494 e. The molecule has 7 nitrogen and oxygen atoms in total. The second-order valence-corrected chi connectivity index (χ2v) is 9.81. The van der Waals surface area contributed by atoms with Crippen LogP contribution in [-0.2, 0) is 11.3 Å². The van der Waals surface area contributed by atoms with Crippen LogP contribution < -0.4 is 15.0 Å². The zero-order valence-electron chi connectivity index (χ0n) is 21.1. The van der Waals surface area contributed by atoms with E-state index in [9.17, 15) is 4.79 Å². The van der Waals surface area contributed by atoms with Crippen molar-refractivity contribution in [3.63, 3.8) is 0 Å². The number of rotatable bonds is 9. The number of halogens is 1. The molecule has 1 aliphatic rings. The summed E-state index contributed by atoms with van der Waals surface area (Å²) >= 11 is 6.22. The van der Waals surface area contributed by atoms with E-state index < -0.39 is 0 Å². The number of nitrogens with zero attached hydrogens (tertiary/aromatic N) is 4. The number of unbranched alkanes of at least 4 members (excludes halogenated alkanes) is 1. The molecule has 1 aliphatic heterocycles. The van der Waals surface area contributed by atoms with Crippen LogP contribution in [-0.4, -0.2) is 40.2 Å². The standard InChI is InChI=1S/C29H32ClN5O2/c1-2-3-18-37-24-10-8-21(9-11-24)26-19-27-28(31-14-17-35(27)33-26)34-15-12-22(13-16-34)29(36)32-20-23-6-4-5-7-25(23)30/h4-11,14,17,19,22H,2-3,12-13,15-16,18,20H2,1H3,(H,32,36). The average Bonchev–Trinajstić information content (AvgIpc) is 3.38. The minimum atomic E-state index is -0.0167. The molecule has 5 rings (SSSR count). The van der Waals surface area contributed by atoms with Gasteiger partial charge in [0.2, 0.25) is 5.91 Å². The highest BCUT2D eigenvalue weighted by Gasteiger charge is 2.27. The van der Waals surface area contributed by atoms with Gasteiger partial charge in [-0.1, -0.05) is 43.1 Å². The molecular formula is C29H32ClN5O2. The van der Waals surface area contributed by atoms with Gasteiger partial charge >= 0.3 is 0 Å². The van der Waals surface area contributed by atoms with Crippen LogP contribution in [0.1, 0.15) is 38.2 Å². The maximum absolute atomic E-state index is 12.8. The summed E-state index contributed by atoms with van der Waals surface area (Å²) in [6.07, 6.45) is 7.37. The summed E-state index contributed by atoms with van der Waals surface area (Å²) in [5.74, 6) is 1.84. The maximum Gasteiger partial charge on any atom is 0.223 e. The Kier molecular flexibility index (Phi) is 7.90. The van der Waals surface area contributed by atoms with Gasteiger partial charge in [-0.3, -0.25) is 4.79 Å². The van der Waals surface area contributed by atoms with Crippen LogP contribution >= 0.6 is 11.6 Å². The summed E-state index contributed by atoms with van der Waals surface area (Å²) in [7, 11) is 0. The third-order valence-electron chi connectivity index (χ3n) is 6.86. The number of hydrogen-bond donors (Lipinski definition) is 1. The number of hydrogen-bond acceptors (Lipinski definition) is 5. The number of fused-ring (bicyclic) bond motifs is 1. The summed E-state index contributed by atoms with van der Waals surface area (Å²) < 4.78 is 7.67. The lowest BCUT2D eigenvalue weighted by Crippen LogP contribution is -2.40. The van der Waals surface area contributed by atoms with Crippen molar-refractivity contribution < 1.29 is 9.53 Å². The second kappa shape index (κ2) is 11.6. The first kappa shape index (κ1) is 25.1. The van der Waals surface area contributed by atoms with E-state index in [0.717, 1.165) is 79.3 Å². The molecule has 0 spiro atoms. The number of anilines is 1. The molecule has 0 unspecified atom stereocenters. The first-order chi connectivity index (χ1) is 18.1. The Balaban J connectivity index is 1.22. The van der Waals surface area contributed by atoms with E-state index in [1.54, 1.807) is 6.20 Å². The van der Waals surface area contributed by atoms with E-state index in [4.69, 9.17) is 21.4 Å². The van der Waals surface area contributed by atoms with Gasteiger partial charge < -0.3 is 15.0 Å². The third-order valence-corrected chi connectivity index (χ3v) is 7.23. The van der Waals surface area contributed by atoms with Crippen LogP contribution in [0.5, 0.6) is 5.75 Å². The van der Waals surface area contributed by atoms with Gasteiger partial charge in [-0.15, -0.1) is 0 Å². The van der Waals surface area contributed by atoms with Gasteiger partial charge in [0.15, 0.2) is 5.82 Å². The zero-order chi connectivity index (χ0) is 25.6. The number of carbonyl (C=O) groups is 1. The molecule has 0 radical (unpaired) electrons. The molecule has 4 aromatic rings. The highest BCUT2D eigenvalue weighted by molar-refractivity contribution is 6.31. The second-order valence-electron chi connectivity index (χ2n) is 9.41. The molecule has 0 bridgehead atoms. The van der Waals surface area contributed by atoms with Gasteiger partial charge in [-0.25, -0.2) is 9.50 Å². The molecule has 37 heavy (non-hydrogen) atoms. The number of carbonyl (C=O) groups excluding carboxylic acids is 1. The van der Waals surface area contributed by atoms with E-state index in [1.807, 2.05) is 59.2 Å². The third kappa shape index (κ3) is 5.88. The highest BCUT2D eigenvalue weighted by atomic mass is 35.5. The lowest BCUT2D eigenvalue weighted by Gasteiger charge is -2.32. The molecule has 0 aliphatic carbocycles. The average molecular weight is 518 g/mol. The lowest BCUT2D eigenvalue weighted by atomic mass is 9.95. The number of amides is 1. The Hall–Kier alpha value is -3.58. The first-order valence-electron chi connectivity index (χ1n) is 13.0. The molecular weight excluding hydrogens is 486 g/mol. The smallest absolute Gasteiger partial charge is 0.223 e. The molecule has 8 heteroatoms. The summed E-state index contributed by atoms with van der Waals surface area (Å²) in [4.78, 5) is 19.7. The predicted octanol–water partition coefficient (Wildman–Crippen LogP) is 5.76. The molecule has 1 fully saturated rings. The fraction of sp³-hybridized carbons (Fsp3) is 0.345. The van der Waals surface area contributed by atoms with Gasteiger partial charge in [0.25, 0.3) is 0 Å². The summed E-state index contributed by atoms with van der Waals surface area (Å²) in [5, 5.41) is 8.51. The Morgan fingerprint density at radius 3 is 2.68 bits per heavy atom. The van der Waals surface area contributed by atoms with Crippen molar-refractivity contribution >= 4 is 28.8 Å². The highest BCUT2D eigenvalue weighted by Crippen LogP contribution is 2.29. The monoisotopic (exact) mass is 517 g/mol. The van der Waals surface area contributed by atoms with Gasteiger partial charge in [0.05, 0.1) is 12.3 Å².